The first-order valence-electron chi connectivity index (χ1n) is 2.29. The second-order valence-electron chi connectivity index (χ2n) is 1.54. The molecule has 0 aliphatic rings. The third-order valence-electron chi connectivity index (χ3n) is 0.842. The number of aromatic nitrogens is 2. The highest BCUT2D eigenvalue weighted by molar-refractivity contribution is 14.1. The second kappa shape index (κ2) is 2.87. The maximum atomic E-state index is 10.7. The van der Waals surface area contributed by atoms with Crippen molar-refractivity contribution < 1.29 is 0 Å². The highest BCUT2D eigenvalue weighted by Crippen LogP contribution is 2.07. The molecule has 1 heterocycles. The number of rotatable bonds is 0. The zero-order chi connectivity index (χ0) is 7.72. The van der Waals surface area contributed by atoms with Crippen LogP contribution in [0.25, 0.3) is 0 Å². The maximum Gasteiger partial charge on any atom is 0.326 e. The molecule has 2 N–H and O–H groups in total. The van der Waals surface area contributed by atoms with Crippen molar-refractivity contribution in [1.29, 1.82) is 0 Å². The summed E-state index contributed by atoms with van der Waals surface area (Å²) in [5.74, 6) is 0. The summed E-state index contributed by atoms with van der Waals surface area (Å²) < 4.78 is 0.860. The molecule has 1 aromatic heterocycles. The van der Waals surface area contributed by atoms with Crippen LogP contribution < -0.4 is 11.2 Å². The number of H-pyrrole nitrogens is 2. The van der Waals surface area contributed by atoms with Gasteiger partial charge in [0.25, 0.3) is 5.56 Å². The van der Waals surface area contributed by atoms with Gasteiger partial charge >= 0.3 is 5.69 Å². The molecule has 0 aliphatic heterocycles. The summed E-state index contributed by atoms with van der Waals surface area (Å²) in [5, 5.41) is 0. The quantitative estimate of drug-likeness (QED) is 0.538. The van der Waals surface area contributed by atoms with Crippen LogP contribution >= 0.6 is 38.5 Å². The third-order valence-corrected chi connectivity index (χ3v) is 3.21. The third kappa shape index (κ3) is 1.48. The molecular formula is C4H2BrIN2O2. The lowest BCUT2D eigenvalue weighted by Crippen LogP contribution is -2.24. The molecule has 10 heavy (non-hydrogen) atoms. The molecule has 1 rings (SSSR count). The normalized spacial score (nSPS) is 9.80. The standard InChI is InChI=1S/C4H2BrIN2O2/c5-2-1(6)3(9)8-4(10)7-2/h(H2,7,8,9,10). The smallest absolute Gasteiger partial charge is 0.300 e. The molecule has 0 amide bonds. The summed E-state index contributed by atoms with van der Waals surface area (Å²) in [7, 11) is 0. The molecule has 1 aromatic rings. The first-order chi connectivity index (χ1) is 4.61. The maximum absolute atomic E-state index is 10.7. The van der Waals surface area contributed by atoms with E-state index in [0.717, 1.165) is 0 Å². The summed E-state index contributed by atoms with van der Waals surface area (Å²) in [6.45, 7) is 0. The van der Waals surface area contributed by atoms with Crippen LogP contribution in [0.4, 0.5) is 0 Å². The van der Waals surface area contributed by atoms with Crippen molar-refractivity contribution in [2.24, 2.45) is 0 Å². The molecule has 0 saturated heterocycles. The van der Waals surface area contributed by atoms with Crippen LogP contribution in [0.1, 0.15) is 0 Å². The Bertz CT molecular complexity index is 355. The van der Waals surface area contributed by atoms with Crippen molar-refractivity contribution in [3.05, 3.63) is 29.0 Å². The minimum absolute atomic E-state index is 0.378. The summed E-state index contributed by atoms with van der Waals surface area (Å²) >= 11 is 4.84. The number of halogens is 2. The lowest BCUT2D eigenvalue weighted by Gasteiger charge is -1.90. The van der Waals surface area contributed by atoms with Gasteiger partial charge in [0.1, 0.15) is 8.17 Å². The Hall–Kier alpha value is -0.110. The molecule has 0 aromatic carbocycles. The van der Waals surface area contributed by atoms with Gasteiger partial charge in [-0.05, 0) is 38.5 Å². The summed E-state index contributed by atoms with van der Waals surface area (Å²) in [6.07, 6.45) is 0. The average Bonchev–Trinajstić information content (AvgIpc) is 1.82. The Labute approximate surface area is 77.3 Å². The van der Waals surface area contributed by atoms with E-state index in [2.05, 4.69) is 25.9 Å². The van der Waals surface area contributed by atoms with Gasteiger partial charge in [-0.1, -0.05) is 0 Å². The zero-order valence-electron chi connectivity index (χ0n) is 4.57. The minimum Gasteiger partial charge on any atom is -0.300 e. The van der Waals surface area contributed by atoms with Crippen LogP contribution in [-0.4, -0.2) is 9.97 Å². The van der Waals surface area contributed by atoms with Crippen molar-refractivity contribution in [2.45, 2.75) is 0 Å². The molecule has 0 radical (unpaired) electrons. The van der Waals surface area contributed by atoms with Gasteiger partial charge in [-0.2, -0.15) is 0 Å². The molecular weight excluding hydrogens is 315 g/mol. The molecule has 0 atom stereocenters. The van der Waals surface area contributed by atoms with E-state index in [-0.39, 0.29) is 5.56 Å². The summed E-state index contributed by atoms with van der Waals surface area (Å²) in [5.41, 5.74) is -0.881. The van der Waals surface area contributed by atoms with Crippen LogP contribution in [0.5, 0.6) is 0 Å². The topological polar surface area (TPSA) is 65.7 Å². The summed E-state index contributed by atoms with van der Waals surface area (Å²) in [4.78, 5) is 25.7. The van der Waals surface area contributed by atoms with Gasteiger partial charge in [0.2, 0.25) is 0 Å². The van der Waals surface area contributed by atoms with E-state index in [1.165, 1.54) is 0 Å². The van der Waals surface area contributed by atoms with Gasteiger partial charge < -0.3 is 4.98 Å². The van der Waals surface area contributed by atoms with E-state index in [4.69, 9.17) is 0 Å². The number of aromatic amines is 2. The fraction of sp³-hybridized carbons (Fsp3) is 0. The Morgan fingerprint density at radius 2 is 1.90 bits per heavy atom. The molecule has 0 unspecified atom stereocenters. The van der Waals surface area contributed by atoms with Crippen LogP contribution in [0, 0.1) is 3.57 Å². The second-order valence-corrected chi connectivity index (χ2v) is 3.41. The molecule has 54 valence electrons. The van der Waals surface area contributed by atoms with Crippen LogP contribution in [-0.2, 0) is 0 Å². The fourth-order valence-electron chi connectivity index (χ4n) is 0.443. The Kier molecular flexibility index (Phi) is 2.29. The first kappa shape index (κ1) is 7.99. The van der Waals surface area contributed by atoms with Gasteiger partial charge in [0.05, 0.1) is 0 Å². The number of hydrogen-bond acceptors (Lipinski definition) is 2. The average molecular weight is 317 g/mol. The van der Waals surface area contributed by atoms with Crippen molar-refractivity contribution in [3.8, 4) is 0 Å². The van der Waals surface area contributed by atoms with Gasteiger partial charge in [-0.3, -0.25) is 9.78 Å². The van der Waals surface area contributed by atoms with Crippen LogP contribution in [0.15, 0.2) is 14.2 Å². The van der Waals surface area contributed by atoms with Crippen molar-refractivity contribution in [3.63, 3.8) is 0 Å². The van der Waals surface area contributed by atoms with E-state index in [9.17, 15) is 9.59 Å². The fourth-order valence-corrected chi connectivity index (χ4v) is 1.07. The van der Waals surface area contributed by atoms with E-state index >= 15 is 0 Å². The number of hydrogen-bond donors (Lipinski definition) is 2. The highest BCUT2D eigenvalue weighted by atomic mass is 127. The number of nitrogens with one attached hydrogen (secondary N) is 2. The molecule has 4 nitrogen and oxygen atoms in total. The monoisotopic (exact) mass is 316 g/mol. The predicted octanol–water partition coefficient (Wildman–Crippen LogP) is 0.430. The van der Waals surface area contributed by atoms with Crippen LogP contribution in [0.2, 0.25) is 0 Å². The molecule has 6 heteroatoms. The SMILES string of the molecule is O=c1[nH]c(Br)c(I)c(=O)[nH]1. The lowest BCUT2D eigenvalue weighted by molar-refractivity contribution is 0.998. The van der Waals surface area contributed by atoms with E-state index in [1.807, 2.05) is 22.6 Å². The van der Waals surface area contributed by atoms with E-state index in [1.54, 1.807) is 0 Å². The predicted molar refractivity (Wildman–Crippen MR) is 48.1 cm³/mol. The van der Waals surface area contributed by atoms with Gasteiger partial charge in [-0.25, -0.2) is 4.79 Å². The lowest BCUT2D eigenvalue weighted by atomic mass is 10.7. The van der Waals surface area contributed by atoms with Crippen LogP contribution in [0.3, 0.4) is 0 Å². The van der Waals surface area contributed by atoms with Gasteiger partial charge in [-0.15, -0.1) is 0 Å². The molecule has 0 fully saturated rings. The van der Waals surface area contributed by atoms with Crippen molar-refractivity contribution in [2.75, 3.05) is 0 Å². The van der Waals surface area contributed by atoms with Crippen molar-refractivity contribution in [1.82, 2.24) is 9.97 Å². The Morgan fingerprint density at radius 1 is 1.30 bits per heavy atom. The molecule has 0 aliphatic carbocycles. The largest absolute Gasteiger partial charge is 0.326 e. The Morgan fingerprint density at radius 3 is 2.40 bits per heavy atom. The summed E-state index contributed by atoms with van der Waals surface area (Å²) in [6, 6.07) is 0. The minimum atomic E-state index is -0.503. The molecule has 0 saturated carbocycles. The van der Waals surface area contributed by atoms with Gasteiger partial charge in [0.15, 0.2) is 0 Å². The first-order valence-corrected chi connectivity index (χ1v) is 4.16. The van der Waals surface area contributed by atoms with E-state index < -0.39 is 5.69 Å². The van der Waals surface area contributed by atoms with Gasteiger partial charge in [0, 0.05) is 0 Å². The van der Waals surface area contributed by atoms with E-state index in [0.29, 0.717) is 8.17 Å². The molecule has 0 bridgehead atoms. The zero-order valence-corrected chi connectivity index (χ0v) is 8.32. The Balaban J connectivity index is 3.62. The van der Waals surface area contributed by atoms with Crippen molar-refractivity contribution >= 4 is 38.5 Å². The highest BCUT2D eigenvalue weighted by Gasteiger charge is 2.00. The molecule has 0 spiro atoms.